The van der Waals surface area contributed by atoms with Crippen molar-refractivity contribution in [1.82, 2.24) is 9.78 Å². The quantitative estimate of drug-likeness (QED) is 0.898. The van der Waals surface area contributed by atoms with Gasteiger partial charge in [-0.15, -0.1) is 0 Å². The molecule has 0 amide bonds. The first-order valence-corrected chi connectivity index (χ1v) is 8.09. The van der Waals surface area contributed by atoms with Gasteiger partial charge in [-0.2, -0.15) is 5.10 Å². The van der Waals surface area contributed by atoms with Crippen LogP contribution in [0.1, 0.15) is 5.69 Å². The van der Waals surface area contributed by atoms with E-state index in [-0.39, 0.29) is 15.6 Å². The number of aromatic nitrogens is 2. The molecule has 0 saturated heterocycles. The highest BCUT2D eigenvalue weighted by Gasteiger charge is 2.22. The van der Waals surface area contributed by atoms with Gasteiger partial charge in [-0.05, 0) is 13.0 Å². The minimum Gasteiger partial charge on any atom is -0.495 e. The molecular formula is C13H16ClN3O4S. The van der Waals surface area contributed by atoms with E-state index in [2.05, 4.69) is 9.82 Å². The predicted octanol–water partition coefficient (Wildman–Crippen LogP) is 2.20. The van der Waals surface area contributed by atoms with Crippen molar-refractivity contribution in [2.24, 2.45) is 7.05 Å². The molecule has 0 spiro atoms. The number of rotatable bonds is 5. The van der Waals surface area contributed by atoms with Crippen LogP contribution in [-0.4, -0.2) is 32.4 Å². The van der Waals surface area contributed by atoms with Gasteiger partial charge < -0.3 is 9.47 Å². The molecule has 7 nitrogen and oxygen atoms in total. The normalized spacial score (nSPS) is 11.3. The minimum atomic E-state index is -3.80. The molecule has 0 aliphatic rings. The van der Waals surface area contributed by atoms with Crippen molar-refractivity contribution < 1.29 is 17.9 Å². The van der Waals surface area contributed by atoms with Gasteiger partial charge in [0, 0.05) is 19.3 Å². The van der Waals surface area contributed by atoms with Crippen molar-refractivity contribution in [2.45, 2.75) is 11.8 Å². The number of hydrogen-bond acceptors (Lipinski definition) is 5. The Hall–Kier alpha value is -1.93. The molecule has 0 aliphatic carbocycles. The van der Waals surface area contributed by atoms with E-state index in [9.17, 15) is 8.42 Å². The fourth-order valence-electron chi connectivity index (χ4n) is 1.98. The minimum absolute atomic E-state index is 0.0870. The van der Waals surface area contributed by atoms with E-state index in [1.54, 1.807) is 14.0 Å². The van der Waals surface area contributed by atoms with Crippen LogP contribution < -0.4 is 14.2 Å². The van der Waals surface area contributed by atoms with E-state index in [1.807, 2.05) is 0 Å². The third-order valence-corrected chi connectivity index (χ3v) is 4.74. The predicted molar refractivity (Wildman–Crippen MR) is 83.3 cm³/mol. The molecule has 1 heterocycles. The third kappa shape index (κ3) is 3.12. The average molecular weight is 346 g/mol. The van der Waals surface area contributed by atoms with Crippen LogP contribution in [0.15, 0.2) is 23.2 Å². The Balaban J connectivity index is 2.46. The third-order valence-electron chi connectivity index (χ3n) is 2.98. The smallest absolute Gasteiger partial charge is 0.265 e. The van der Waals surface area contributed by atoms with Crippen LogP contribution >= 0.6 is 11.6 Å². The average Bonchev–Trinajstić information content (AvgIpc) is 2.78. The van der Waals surface area contributed by atoms with Gasteiger partial charge in [0.05, 0.1) is 30.6 Å². The fraction of sp³-hybridized carbons (Fsp3) is 0.308. The zero-order valence-corrected chi connectivity index (χ0v) is 14.1. The number of hydrogen-bond donors (Lipinski definition) is 1. The molecule has 0 fully saturated rings. The van der Waals surface area contributed by atoms with E-state index >= 15 is 0 Å². The summed E-state index contributed by atoms with van der Waals surface area (Å²) in [5, 5.41) is 4.29. The SMILES string of the molecule is COc1cc(OC)c(NS(=O)(=O)c2cn(C)nc2C)cc1Cl. The largest absolute Gasteiger partial charge is 0.495 e. The van der Waals surface area contributed by atoms with Gasteiger partial charge in [-0.25, -0.2) is 8.42 Å². The van der Waals surface area contributed by atoms with Crippen LogP contribution in [0.4, 0.5) is 5.69 Å². The molecule has 1 aromatic carbocycles. The van der Waals surface area contributed by atoms with Gasteiger partial charge in [-0.1, -0.05) is 11.6 Å². The number of aryl methyl sites for hydroxylation is 2. The Morgan fingerprint density at radius 3 is 2.36 bits per heavy atom. The molecule has 9 heteroatoms. The second-order valence-corrected chi connectivity index (χ2v) is 6.60. The summed E-state index contributed by atoms with van der Waals surface area (Å²) in [5.41, 5.74) is 0.616. The molecule has 0 aliphatic heterocycles. The van der Waals surface area contributed by atoms with Gasteiger partial charge in [0.15, 0.2) is 0 Å². The van der Waals surface area contributed by atoms with Gasteiger partial charge in [0.25, 0.3) is 10.0 Å². The maximum atomic E-state index is 12.5. The van der Waals surface area contributed by atoms with Crippen molar-refractivity contribution in [3.05, 3.63) is 29.0 Å². The monoisotopic (exact) mass is 345 g/mol. The summed E-state index contributed by atoms with van der Waals surface area (Å²) < 4.78 is 39.1. The lowest BCUT2D eigenvalue weighted by atomic mass is 10.3. The number of nitrogens with zero attached hydrogens (tertiary/aromatic N) is 2. The van der Waals surface area contributed by atoms with Crippen molar-refractivity contribution in [3.63, 3.8) is 0 Å². The molecule has 2 aromatic rings. The summed E-state index contributed by atoms with van der Waals surface area (Å²) in [5.74, 6) is 0.686. The first-order valence-electron chi connectivity index (χ1n) is 6.23. The van der Waals surface area contributed by atoms with Crippen molar-refractivity contribution in [2.75, 3.05) is 18.9 Å². The van der Waals surface area contributed by atoms with Gasteiger partial charge in [-0.3, -0.25) is 9.40 Å². The first kappa shape index (κ1) is 16.4. The molecule has 0 unspecified atom stereocenters. The number of anilines is 1. The highest BCUT2D eigenvalue weighted by atomic mass is 35.5. The second-order valence-electron chi connectivity index (χ2n) is 4.54. The Bertz CT molecular complexity index is 802. The van der Waals surface area contributed by atoms with E-state index in [1.165, 1.54) is 37.2 Å². The van der Waals surface area contributed by atoms with Crippen molar-refractivity contribution in [3.8, 4) is 11.5 Å². The molecule has 1 aromatic heterocycles. The highest BCUT2D eigenvalue weighted by molar-refractivity contribution is 7.92. The van der Waals surface area contributed by atoms with Crippen LogP contribution in [0.5, 0.6) is 11.5 Å². The Morgan fingerprint density at radius 2 is 1.86 bits per heavy atom. The van der Waals surface area contributed by atoms with Crippen LogP contribution in [0, 0.1) is 6.92 Å². The number of sulfonamides is 1. The van der Waals surface area contributed by atoms with Crippen LogP contribution in [0.25, 0.3) is 0 Å². The highest BCUT2D eigenvalue weighted by Crippen LogP contribution is 2.37. The first-order chi connectivity index (χ1) is 10.3. The maximum Gasteiger partial charge on any atom is 0.265 e. The summed E-state index contributed by atoms with van der Waals surface area (Å²) in [6.07, 6.45) is 1.43. The lowest BCUT2D eigenvalue weighted by Gasteiger charge is -2.13. The van der Waals surface area contributed by atoms with E-state index in [0.717, 1.165) is 0 Å². The van der Waals surface area contributed by atoms with Crippen molar-refractivity contribution >= 4 is 27.3 Å². The molecule has 0 atom stereocenters. The van der Waals surface area contributed by atoms with E-state index in [0.29, 0.717) is 17.2 Å². The maximum absolute atomic E-state index is 12.5. The molecule has 1 N–H and O–H groups in total. The molecular weight excluding hydrogens is 330 g/mol. The molecule has 120 valence electrons. The summed E-state index contributed by atoms with van der Waals surface area (Å²) >= 11 is 6.04. The number of methoxy groups -OCH3 is 2. The van der Waals surface area contributed by atoms with Crippen LogP contribution in [0.3, 0.4) is 0 Å². The Morgan fingerprint density at radius 1 is 1.23 bits per heavy atom. The van der Waals surface area contributed by atoms with Crippen LogP contribution in [-0.2, 0) is 17.1 Å². The molecule has 0 radical (unpaired) electrons. The number of ether oxygens (including phenoxy) is 2. The molecule has 2 rings (SSSR count). The summed E-state index contributed by atoms with van der Waals surface area (Å²) in [6.45, 7) is 1.62. The fourth-order valence-corrected chi connectivity index (χ4v) is 3.50. The van der Waals surface area contributed by atoms with Gasteiger partial charge in [0.1, 0.15) is 16.4 Å². The van der Waals surface area contributed by atoms with Gasteiger partial charge in [0.2, 0.25) is 0 Å². The van der Waals surface area contributed by atoms with Crippen molar-refractivity contribution in [1.29, 1.82) is 0 Å². The summed E-state index contributed by atoms with van der Waals surface area (Å²) in [7, 11) is 0.733. The number of benzene rings is 1. The van der Waals surface area contributed by atoms with E-state index in [4.69, 9.17) is 21.1 Å². The Kier molecular flexibility index (Phi) is 4.52. The zero-order chi connectivity index (χ0) is 16.5. The summed E-state index contributed by atoms with van der Waals surface area (Å²) in [6, 6.07) is 2.94. The van der Waals surface area contributed by atoms with Crippen LogP contribution in [0.2, 0.25) is 5.02 Å². The summed E-state index contributed by atoms with van der Waals surface area (Å²) in [4.78, 5) is 0.0870. The Labute approximate surface area is 133 Å². The zero-order valence-electron chi connectivity index (χ0n) is 12.5. The standard InChI is InChI=1S/C13H16ClN3O4S/c1-8-13(7-17(2)15-8)22(18,19)16-10-5-9(14)11(20-3)6-12(10)21-4/h5-7,16H,1-4H3. The molecule has 0 bridgehead atoms. The number of halogens is 1. The lowest BCUT2D eigenvalue weighted by molar-refractivity contribution is 0.396. The molecule has 0 saturated carbocycles. The second kappa shape index (κ2) is 6.05. The topological polar surface area (TPSA) is 82.5 Å². The lowest BCUT2D eigenvalue weighted by Crippen LogP contribution is -2.14. The van der Waals surface area contributed by atoms with E-state index < -0.39 is 10.0 Å². The number of nitrogens with one attached hydrogen (secondary N) is 1. The van der Waals surface area contributed by atoms with Gasteiger partial charge >= 0.3 is 0 Å². The molecule has 22 heavy (non-hydrogen) atoms.